The molecule has 0 spiro atoms. The lowest BCUT2D eigenvalue weighted by atomic mass is 10.1. The molecule has 1 amide bonds. The molecule has 2 saturated heterocycles. The molecule has 2 aliphatic rings. The monoisotopic (exact) mass is 275 g/mol. The Morgan fingerprint density at radius 1 is 1.40 bits per heavy atom. The van der Waals surface area contributed by atoms with Gasteiger partial charge in [0.15, 0.2) is 5.75 Å². The van der Waals surface area contributed by atoms with Crippen molar-refractivity contribution in [2.45, 2.75) is 31.8 Å². The number of anilines is 1. The molecule has 2 aliphatic heterocycles. The summed E-state index contributed by atoms with van der Waals surface area (Å²) in [5.74, 6) is -0.215. The lowest BCUT2D eigenvalue weighted by molar-refractivity contribution is 0.0393. The summed E-state index contributed by atoms with van der Waals surface area (Å²) in [6.07, 6.45) is 2.36. The third-order valence-electron chi connectivity index (χ3n) is 4.50. The topological polar surface area (TPSA) is 69.8 Å². The molecule has 2 unspecified atom stereocenters. The molecule has 20 heavy (non-hydrogen) atoms. The first-order chi connectivity index (χ1) is 9.58. The number of phenolic OH excluding ortho intramolecular Hbond substituents is 1. The number of phenols is 1. The van der Waals surface area contributed by atoms with E-state index in [1.807, 2.05) is 4.90 Å². The van der Waals surface area contributed by atoms with Crippen molar-refractivity contribution in [3.63, 3.8) is 0 Å². The summed E-state index contributed by atoms with van der Waals surface area (Å²) in [5.41, 5.74) is 6.24. The highest BCUT2D eigenvalue weighted by Gasteiger charge is 2.37. The maximum atomic E-state index is 12.7. The first-order valence-electron chi connectivity index (χ1n) is 7.20. The molecule has 2 fully saturated rings. The summed E-state index contributed by atoms with van der Waals surface area (Å²) in [7, 11) is 0. The highest BCUT2D eigenvalue weighted by atomic mass is 16.3. The van der Waals surface area contributed by atoms with Crippen LogP contribution in [0.3, 0.4) is 0 Å². The van der Waals surface area contributed by atoms with E-state index in [-0.39, 0.29) is 23.4 Å². The van der Waals surface area contributed by atoms with Crippen LogP contribution in [-0.4, -0.2) is 52.5 Å². The Bertz CT molecular complexity index is 532. The van der Waals surface area contributed by atoms with Gasteiger partial charge in [0.2, 0.25) is 0 Å². The fraction of sp³-hybridized carbons (Fsp3) is 0.533. The molecule has 3 rings (SSSR count). The zero-order valence-electron chi connectivity index (χ0n) is 11.7. The predicted molar refractivity (Wildman–Crippen MR) is 77.6 cm³/mol. The number of hydrogen-bond donors (Lipinski definition) is 2. The lowest BCUT2D eigenvalue weighted by Crippen LogP contribution is -2.56. The number of rotatable bonds is 1. The van der Waals surface area contributed by atoms with Gasteiger partial charge in [-0.25, -0.2) is 0 Å². The second kappa shape index (κ2) is 4.98. The van der Waals surface area contributed by atoms with Crippen molar-refractivity contribution in [1.29, 1.82) is 0 Å². The van der Waals surface area contributed by atoms with Crippen LogP contribution in [0, 0.1) is 0 Å². The molecule has 0 radical (unpaired) electrons. The predicted octanol–water partition coefficient (Wildman–Crippen LogP) is 1.28. The number of aromatic hydroxyl groups is 1. The van der Waals surface area contributed by atoms with Gasteiger partial charge in [0.1, 0.15) is 0 Å². The van der Waals surface area contributed by atoms with Crippen molar-refractivity contribution in [2.75, 3.05) is 25.4 Å². The van der Waals surface area contributed by atoms with Crippen LogP contribution in [0.4, 0.5) is 5.69 Å². The van der Waals surface area contributed by atoms with E-state index in [2.05, 4.69) is 11.8 Å². The van der Waals surface area contributed by atoms with Gasteiger partial charge in [-0.2, -0.15) is 0 Å². The number of fused-ring (bicyclic) bond motifs is 1. The Morgan fingerprint density at radius 3 is 3.00 bits per heavy atom. The van der Waals surface area contributed by atoms with Gasteiger partial charge in [-0.1, -0.05) is 6.07 Å². The van der Waals surface area contributed by atoms with E-state index in [4.69, 9.17) is 5.73 Å². The van der Waals surface area contributed by atoms with E-state index in [1.165, 1.54) is 6.42 Å². The van der Waals surface area contributed by atoms with Crippen molar-refractivity contribution in [3.8, 4) is 5.75 Å². The molecule has 5 heteroatoms. The van der Waals surface area contributed by atoms with Crippen molar-refractivity contribution >= 4 is 11.6 Å². The molecule has 1 aromatic carbocycles. The van der Waals surface area contributed by atoms with E-state index < -0.39 is 0 Å². The average Bonchev–Trinajstić information content (AvgIpc) is 2.87. The smallest absolute Gasteiger partial charge is 0.258 e. The van der Waals surface area contributed by atoms with Gasteiger partial charge in [0.05, 0.1) is 11.3 Å². The second-order valence-electron chi connectivity index (χ2n) is 5.84. The number of benzene rings is 1. The summed E-state index contributed by atoms with van der Waals surface area (Å²) < 4.78 is 0. The van der Waals surface area contributed by atoms with Gasteiger partial charge in [-0.05, 0) is 38.4 Å². The van der Waals surface area contributed by atoms with Crippen molar-refractivity contribution in [3.05, 3.63) is 23.8 Å². The third kappa shape index (κ3) is 2.12. The molecule has 1 aromatic rings. The lowest BCUT2D eigenvalue weighted by Gasteiger charge is -2.42. The Hall–Kier alpha value is -1.75. The number of carbonyl (C=O) groups excluding carboxylic acids is 1. The van der Waals surface area contributed by atoms with E-state index in [1.54, 1.807) is 18.2 Å². The molecule has 2 heterocycles. The number of piperazine rings is 1. The Labute approximate surface area is 119 Å². The highest BCUT2D eigenvalue weighted by Crippen LogP contribution is 2.29. The molecule has 3 N–H and O–H groups in total. The van der Waals surface area contributed by atoms with E-state index in [9.17, 15) is 9.90 Å². The van der Waals surface area contributed by atoms with Crippen molar-refractivity contribution in [1.82, 2.24) is 9.80 Å². The van der Waals surface area contributed by atoms with Crippen LogP contribution in [-0.2, 0) is 0 Å². The second-order valence-corrected chi connectivity index (χ2v) is 5.84. The van der Waals surface area contributed by atoms with E-state index in [0.29, 0.717) is 11.6 Å². The number of nitrogens with zero attached hydrogens (tertiary/aromatic N) is 2. The van der Waals surface area contributed by atoms with Gasteiger partial charge in [0, 0.05) is 25.2 Å². The summed E-state index contributed by atoms with van der Waals surface area (Å²) in [5, 5.41) is 9.99. The van der Waals surface area contributed by atoms with Crippen LogP contribution >= 0.6 is 0 Å². The molecule has 108 valence electrons. The maximum absolute atomic E-state index is 12.7. The normalized spacial score (nSPS) is 26.6. The molecular weight excluding hydrogens is 254 g/mol. The number of amides is 1. The molecule has 2 atom stereocenters. The minimum absolute atomic E-state index is 0.0986. The van der Waals surface area contributed by atoms with Gasteiger partial charge >= 0.3 is 0 Å². The molecule has 0 bridgehead atoms. The fourth-order valence-corrected chi connectivity index (χ4v) is 3.36. The number of para-hydroxylation sites is 1. The fourth-order valence-electron chi connectivity index (χ4n) is 3.36. The van der Waals surface area contributed by atoms with Gasteiger partial charge in [-0.15, -0.1) is 0 Å². The number of hydrogen-bond acceptors (Lipinski definition) is 4. The first-order valence-corrected chi connectivity index (χ1v) is 7.20. The minimum atomic E-state index is -0.117. The van der Waals surface area contributed by atoms with Crippen molar-refractivity contribution < 1.29 is 9.90 Å². The van der Waals surface area contributed by atoms with Gasteiger partial charge in [-0.3, -0.25) is 9.69 Å². The largest absolute Gasteiger partial charge is 0.505 e. The Balaban J connectivity index is 1.84. The van der Waals surface area contributed by atoms with Crippen LogP contribution in [0.1, 0.15) is 30.1 Å². The van der Waals surface area contributed by atoms with Crippen molar-refractivity contribution in [2.24, 2.45) is 0 Å². The van der Waals surface area contributed by atoms with Crippen LogP contribution in [0.15, 0.2) is 18.2 Å². The van der Waals surface area contributed by atoms with Crippen LogP contribution in [0.2, 0.25) is 0 Å². The summed E-state index contributed by atoms with van der Waals surface area (Å²) in [6.45, 7) is 4.87. The average molecular weight is 275 g/mol. The minimum Gasteiger partial charge on any atom is -0.505 e. The zero-order valence-corrected chi connectivity index (χ0v) is 11.7. The van der Waals surface area contributed by atoms with Crippen LogP contribution in [0.5, 0.6) is 5.75 Å². The molecule has 0 aromatic heterocycles. The SMILES string of the molecule is CC1CN2CCCC2CN1C(=O)c1cccc(N)c1O. The standard InChI is InChI=1S/C15H21N3O2/c1-10-8-17-7-3-4-11(17)9-18(10)15(20)12-5-2-6-13(16)14(12)19/h2,5-6,10-11,19H,3-4,7-9,16H2,1H3. The van der Waals surface area contributed by atoms with Crippen LogP contribution < -0.4 is 5.73 Å². The Kier molecular flexibility index (Phi) is 3.30. The third-order valence-corrected chi connectivity index (χ3v) is 4.50. The number of nitrogen functional groups attached to an aromatic ring is 1. The van der Waals surface area contributed by atoms with Gasteiger partial charge < -0.3 is 15.7 Å². The summed E-state index contributed by atoms with van der Waals surface area (Å²) >= 11 is 0. The van der Waals surface area contributed by atoms with Crippen LogP contribution in [0.25, 0.3) is 0 Å². The highest BCUT2D eigenvalue weighted by molar-refractivity contribution is 5.98. The maximum Gasteiger partial charge on any atom is 0.258 e. The molecular formula is C15H21N3O2. The molecule has 5 nitrogen and oxygen atoms in total. The Morgan fingerprint density at radius 2 is 2.20 bits per heavy atom. The summed E-state index contributed by atoms with van der Waals surface area (Å²) in [6, 6.07) is 5.58. The zero-order chi connectivity index (χ0) is 14.3. The molecule has 0 saturated carbocycles. The molecule has 0 aliphatic carbocycles. The quantitative estimate of drug-likeness (QED) is 0.598. The first kappa shape index (κ1) is 13.2. The number of carbonyl (C=O) groups is 1. The van der Waals surface area contributed by atoms with E-state index in [0.717, 1.165) is 26.1 Å². The van der Waals surface area contributed by atoms with Gasteiger partial charge in [0.25, 0.3) is 5.91 Å². The summed E-state index contributed by atoms with van der Waals surface area (Å²) in [4.78, 5) is 17.0. The van der Waals surface area contributed by atoms with E-state index >= 15 is 0 Å². The number of nitrogens with two attached hydrogens (primary N) is 1.